The normalized spacial score (nSPS) is 14.8. The third kappa shape index (κ3) is 3.53. The van der Waals surface area contributed by atoms with Crippen LogP contribution in [0.4, 0.5) is 0 Å². The summed E-state index contributed by atoms with van der Waals surface area (Å²) in [7, 11) is 1.65. The molecule has 0 fully saturated rings. The molecule has 1 heterocycles. The van der Waals surface area contributed by atoms with Crippen LogP contribution >= 0.6 is 0 Å². The van der Waals surface area contributed by atoms with E-state index in [1.54, 1.807) is 7.11 Å². The third-order valence-electron chi connectivity index (χ3n) is 3.20. The molecule has 0 aromatic heterocycles. The standard InChI is InChI=1S/C15H23NO3/c1-10(2)5-11(3)16-8-12-6-13(17-4)15-14(7-12)18-9-19-15/h6-7,10-11,16H,5,8-9H2,1-4H3. The summed E-state index contributed by atoms with van der Waals surface area (Å²) in [5.74, 6) is 2.92. The molecule has 106 valence electrons. The molecule has 1 aliphatic rings. The average Bonchev–Trinajstić information content (AvgIpc) is 2.82. The monoisotopic (exact) mass is 265 g/mol. The van der Waals surface area contributed by atoms with Gasteiger partial charge < -0.3 is 19.5 Å². The summed E-state index contributed by atoms with van der Waals surface area (Å²) in [6.45, 7) is 7.76. The lowest BCUT2D eigenvalue weighted by Crippen LogP contribution is -2.26. The zero-order valence-electron chi connectivity index (χ0n) is 12.2. The van der Waals surface area contributed by atoms with Crippen molar-refractivity contribution in [1.82, 2.24) is 5.32 Å². The quantitative estimate of drug-likeness (QED) is 0.858. The summed E-state index contributed by atoms with van der Waals surface area (Å²) in [6, 6.07) is 4.51. The molecule has 4 nitrogen and oxygen atoms in total. The first kappa shape index (κ1) is 14.0. The highest BCUT2D eigenvalue weighted by Crippen LogP contribution is 2.41. The molecule has 2 rings (SSSR count). The molecule has 19 heavy (non-hydrogen) atoms. The van der Waals surface area contributed by atoms with Gasteiger partial charge in [-0.15, -0.1) is 0 Å². The number of nitrogens with one attached hydrogen (secondary N) is 1. The zero-order valence-corrected chi connectivity index (χ0v) is 12.2. The van der Waals surface area contributed by atoms with Gasteiger partial charge in [-0.25, -0.2) is 0 Å². The Kier molecular flexibility index (Phi) is 4.53. The molecule has 0 radical (unpaired) electrons. The molecule has 1 N–H and O–H groups in total. The number of hydrogen-bond acceptors (Lipinski definition) is 4. The molecule has 1 atom stereocenters. The molecule has 1 aromatic carbocycles. The van der Waals surface area contributed by atoms with Crippen molar-refractivity contribution in [1.29, 1.82) is 0 Å². The van der Waals surface area contributed by atoms with Crippen molar-refractivity contribution in [2.24, 2.45) is 5.92 Å². The van der Waals surface area contributed by atoms with Gasteiger partial charge in [0.25, 0.3) is 0 Å². The Morgan fingerprint density at radius 2 is 2.05 bits per heavy atom. The van der Waals surface area contributed by atoms with E-state index in [1.165, 1.54) is 6.42 Å². The van der Waals surface area contributed by atoms with E-state index in [0.717, 1.165) is 23.6 Å². The van der Waals surface area contributed by atoms with Gasteiger partial charge in [0.05, 0.1) is 7.11 Å². The van der Waals surface area contributed by atoms with E-state index in [-0.39, 0.29) is 6.79 Å². The van der Waals surface area contributed by atoms with E-state index >= 15 is 0 Å². The van der Waals surface area contributed by atoms with Crippen LogP contribution in [0.15, 0.2) is 12.1 Å². The Morgan fingerprint density at radius 1 is 1.26 bits per heavy atom. The van der Waals surface area contributed by atoms with E-state index in [9.17, 15) is 0 Å². The number of fused-ring (bicyclic) bond motifs is 1. The molecule has 0 spiro atoms. The highest BCUT2D eigenvalue weighted by molar-refractivity contribution is 5.55. The van der Waals surface area contributed by atoms with Crippen LogP contribution in [0.1, 0.15) is 32.8 Å². The van der Waals surface area contributed by atoms with Gasteiger partial charge in [-0.3, -0.25) is 0 Å². The van der Waals surface area contributed by atoms with Crippen molar-refractivity contribution in [3.05, 3.63) is 17.7 Å². The Bertz CT molecular complexity index is 432. The molecule has 1 aliphatic heterocycles. The fourth-order valence-corrected chi connectivity index (χ4v) is 2.37. The van der Waals surface area contributed by atoms with Crippen LogP contribution in [-0.4, -0.2) is 19.9 Å². The Hall–Kier alpha value is -1.42. The third-order valence-corrected chi connectivity index (χ3v) is 3.20. The van der Waals surface area contributed by atoms with E-state index < -0.39 is 0 Å². The first-order valence-electron chi connectivity index (χ1n) is 6.80. The minimum Gasteiger partial charge on any atom is -0.493 e. The van der Waals surface area contributed by atoms with E-state index in [2.05, 4.69) is 26.1 Å². The van der Waals surface area contributed by atoms with Crippen molar-refractivity contribution in [2.45, 2.75) is 39.8 Å². The van der Waals surface area contributed by atoms with Crippen LogP contribution < -0.4 is 19.5 Å². The molecular formula is C15H23NO3. The van der Waals surface area contributed by atoms with Gasteiger partial charge in [-0.2, -0.15) is 0 Å². The average molecular weight is 265 g/mol. The van der Waals surface area contributed by atoms with Gasteiger partial charge in [0, 0.05) is 12.6 Å². The predicted molar refractivity (Wildman–Crippen MR) is 74.9 cm³/mol. The maximum Gasteiger partial charge on any atom is 0.231 e. The maximum atomic E-state index is 5.42. The molecule has 0 saturated carbocycles. The number of rotatable bonds is 6. The van der Waals surface area contributed by atoms with Gasteiger partial charge in [-0.05, 0) is 37.0 Å². The summed E-state index contributed by atoms with van der Waals surface area (Å²) in [6.07, 6.45) is 1.17. The van der Waals surface area contributed by atoms with Gasteiger partial charge >= 0.3 is 0 Å². The first-order valence-corrected chi connectivity index (χ1v) is 6.80. The Balaban J connectivity index is 2.01. The second kappa shape index (κ2) is 6.15. The fourth-order valence-electron chi connectivity index (χ4n) is 2.37. The van der Waals surface area contributed by atoms with Crippen LogP contribution in [0.25, 0.3) is 0 Å². The molecule has 0 aliphatic carbocycles. The first-order chi connectivity index (χ1) is 9.10. The van der Waals surface area contributed by atoms with E-state index in [0.29, 0.717) is 17.7 Å². The topological polar surface area (TPSA) is 39.7 Å². The summed E-state index contributed by atoms with van der Waals surface area (Å²) in [5.41, 5.74) is 1.15. The number of ether oxygens (including phenoxy) is 3. The molecular weight excluding hydrogens is 242 g/mol. The lowest BCUT2D eigenvalue weighted by atomic mass is 10.0. The second-order valence-electron chi connectivity index (χ2n) is 5.44. The Labute approximate surface area is 115 Å². The lowest BCUT2D eigenvalue weighted by Gasteiger charge is -2.16. The van der Waals surface area contributed by atoms with E-state index in [4.69, 9.17) is 14.2 Å². The smallest absolute Gasteiger partial charge is 0.231 e. The van der Waals surface area contributed by atoms with Crippen LogP contribution in [0.3, 0.4) is 0 Å². The van der Waals surface area contributed by atoms with Crippen LogP contribution in [0.2, 0.25) is 0 Å². The highest BCUT2D eigenvalue weighted by Gasteiger charge is 2.20. The summed E-state index contributed by atoms with van der Waals surface area (Å²) < 4.78 is 16.1. The molecule has 0 bridgehead atoms. The maximum absolute atomic E-state index is 5.42. The molecule has 0 saturated heterocycles. The minimum atomic E-state index is 0.270. The van der Waals surface area contributed by atoms with Crippen molar-refractivity contribution >= 4 is 0 Å². The van der Waals surface area contributed by atoms with Gasteiger partial charge in [-0.1, -0.05) is 13.8 Å². The van der Waals surface area contributed by atoms with Gasteiger partial charge in [0.1, 0.15) is 0 Å². The van der Waals surface area contributed by atoms with Crippen LogP contribution in [0.5, 0.6) is 17.2 Å². The van der Waals surface area contributed by atoms with Crippen molar-refractivity contribution < 1.29 is 14.2 Å². The zero-order chi connectivity index (χ0) is 13.8. The summed E-state index contributed by atoms with van der Waals surface area (Å²) in [4.78, 5) is 0. The van der Waals surface area contributed by atoms with Crippen molar-refractivity contribution in [3.8, 4) is 17.2 Å². The Morgan fingerprint density at radius 3 is 2.74 bits per heavy atom. The van der Waals surface area contributed by atoms with Gasteiger partial charge in [0.2, 0.25) is 12.5 Å². The molecule has 4 heteroatoms. The van der Waals surface area contributed by atoms with E-state index in [1.807, 2.05) is 12.1 Å². The van der Waals surface area contributed by atoms with Gasteiger partial charge in [0.15, 0.2) is 11.5 Å². The second-order valence-corrected chi connectivity index (χ2v) is 5.44. The van der Waals surface area contributed by atoms with Crippen molar-refractivity contribution in [2.75, 3.05) is 13.9 Å². The van der Waals surface area contributed by atoms with Crippen molar-refractivity contribution in [3.63, 3.8) is 0 Å². The minimum absolute atomic E-state index is 0.270. The highest BCUT2D eigenvalue weighted by atomic mass is 16.7. The summed E-state index contributed by atoms with van der Waals surface area (Å²) in [5, 5.41) is 3.52. The molecule has 1 unspecified atom stereocenters. The summed E-state index contributed by atoms with van der Waals surface area (Å²) >= 11 is 0. The van der Waals surface area contributed by atoms with Crippen LogP contribution in [0, 0.1) is 5.92 Å². The van der Waals surface area contributed by atoms with Crippen LogP contribution in [-0.2, 0) is 6.54 Å². The molecule has 0 amide bonds. The lowest BCUT2D eigenvalue weighted by molar-refractivity contribution is 0.171. The fraction of sp³-hybridized carbons (Fsp3) is 0.600. The predicted octanol–water partition coefficient (Wildman–Crippen LogP) is 2.95. The number of methoxy groups -OCH3 is 1. The number of hydrogen-bond donors (Lipinski definition) is 1. The molecule has 1 aromatic rings. The largest absolute Gasteiger partial charge is 0.493 e. The number of benzene rings is 1. The SMILES string of the molecule is COc1cc(CNC(C)CC(C)C)cc2c1OCO2.